The molecule has 3 N–H and O–H groups in total. The molecule has 0 heterocycles. The van der Waals surface area contributed by atoms with Crippen molar-refractivity contribution in [1.29, 1.82) is 0 Å². The smallest absolute Gasteiger partial charge is 0.333 e. The first-order valence-electron chi connectivity index (χ1n) is 20.4. The molecule has 5 rings (SSSR count). The van der Waals surface area contributed by atoms with Crippen LogP contribution in [0.1, 0.15) is 121 Å². The van der Waals surface area contributed by atoms with Crippen LogP contribution in [0, 0.1) is 50.2 Å². The van der Waals surface area contributed by atoms with Crippen LogP contribution in [0.25, 0.3) is 0 Å². The normalized spacial score (nSPS) is 42.7. The van der Waals surface area contributed by atoms with E-state index in [4.69, 9.17) is 14.2 Å². The monoisotopic (exact) mass is 764 g/mol. The lowest BCUT2D eigenvalue weighted by Gasteiger charge is -2.72. The molecule has 55 heavy (non-hydrogen) atoms. The first-order chi connectivity index (χ1) is 25.6. The molecule has 0 amide bonds. The number of aliphatic hydroxyl groups is 3. The van der Waals surface area contributed by atoms with Gasteiger partial charge in [0.1, 0.15) is 18.8 Å². The molecule has 5 aliphatic rings. The molecule has 4 fully saturated rings. The van der Waals surface area contributed by atoms with Gasteiger partial charge in [-0.2, -0.15) is 0 Å². The van der Waals surface area contributed by atoms with Crippen molar-refractivity contribution in [1.82, 2.24) is 0 Å². The third kappa shape index (κ3) is 6.43. The van der Waals surface area contributed by atoms with E-state index in [9.17, 15) is 29.7 Å². The average molecular weight is 765 g/mol. The molecule has 0 radical (unpaired) electrons. The lowest BCUT2D eigenvalue weighted by atomic mass is 9.32. The number of hydrogen-bond acceptors (Lipinski definition) is 9. The van der Waals surface area contributed by atoms with Gasteiger partial charge in [0.2, 0.25) is 0 Å². The van der Waals surface area contributed by atoms with Crippen LogP contribution in [0.2, 0.25) is 0 Å². The molecule has 0 aliphatic heterocycles. The van der Waals surface area contributed by atoms with E-state index in [1.165, 1.54) is 0 Å². The Morgan fingerprint density at radius 3 is 1.91 bits per heavy atom. The highest BCUT2D eigenvalue weighted by Gasteiger charge is 2.73. The Morgan fingerprint density at radius 1 is 0.782 bits per heavy atom. The number of aliphatic hydroxyl groups excluding tert-OH is 3. The van der Waals surface area contributed by atoms with Crippen molar-refractivity contribution >= 4 is 17.9 Å². The fourth-order valence-electron chi connectivity index (χ4n) is 12.2. The lowest BCUT2D eigenvalue weighted by molar-refractivity contribution is -0.261. The number of esters is 3. The topological polar surface area (TPSA) is 140 Å². The molecule has 0 aromatic rings. The molecule has 3 unspecified atom stereocenters. The van der Waals surface area contributed by atoms with Crippen molar-refractivity contribution in [2.24, 2.45) is 50.2 Å². The summed E-state index contributed by atoms with van der Waals surface area (Å²) in [5.74, 6) is -1.69. The minimum absolute atomic E-state index is 0.00460. The predicted molar refractivity (Wildman–Crippen MR) is 212 cm³/mol. The molecule has 9 heteroatoms. The van der Waals surface area contributed by atoms with Crippen molar-refractivity contribution in [3.63, 3.8) is 0 Å². The largest absolute Gasteiger partial charge is 0.462 e. The van der Waals surface area contributed by atoms with E-state index in [-0.39, 0.29) is 47.8 Å². The number of carbonyl (C=O) groups excluding carboxylic acids is 3. The van der Waals surface area contributed by atoms with E-state index in [0.29, 0.717) is 36.0 Å². The number of ether oxygens (including phenoxy) is 3. The zero-order chi connectivity index (χ0) is 41.1. The summed E-state index contributed by atoms with van der Waals surface area (Å²) in [6.07, 6.45) is 9.92. The van der Waals surface area contributed by atoms with Crippen molar-refractivity contribution in [3.8, 4) is 0 Å². The third-order valence-electron chi connectivity index (χ3n) is 16.3. The summed E-state index contributed by atoms with van der Waals surface area (Å²) < 4.78 is 18.0. The summed E-state index contributed by atoms with van der Waals surface area (Å²) in [4.78, 5) is 39.3. The van der Waals surface area contributed by atoms with Gasteiger partial charge < -0.3 is 29.5 Å². The van der Waals surface area contributed by atoms with Crippen LogP contribution in [-0.4, -0.2) is 70.9 Å². The van der Waals surface area contributed by atoms with Crippen LogP contribution in [0.4, 0.5) is 0 Å². The van der Waals surface area contributed by atoms with Gasteiger partial charge in [-0.25, -0.2) is 14.4 Å². The Hall–Kier alpha value is -3.01. The second-order valence-electron chi connectivity index (χ2n) is 19.1. The number of rotatable bonds is 9. The summed E-state index contributed by atoms with van der Waals surface area (Å²) in [5, 5.41) is 36.9. The van der Waals surface area contributed by atoms with Gasteiger partial charge in [-0.15, -0.1) is 6.58 Å². The van der Waals surface area contributed by atoms with Gasteiger partial charge in [-0.1, -0.05) is 70.6 Å². The van der Waals surface area contributed by atoms with Gasteiger partial charge >= 0.3 is 17.9 Å². The van der Waals surface area contributed by atoms with Crippen molar-refractivity contribution in [3.05, 3.63) is 59.3 Å². The minimum Gasteiger partial charge on any atom is -0.462 e. The van der Waals surface area contributed by atoms with E-state index < -0.39 is 58.0 Å². The van der Waals surface area contributed by atoms with E-state index in [1.807, 2.05) is 20.8 Å². The fourth-order valence-corrected chi connectivity index (χ4v) is 12.2. The highest BCUT2D eigenvalue weighted by atomic mass is 16.6. The zero-order valence-corrected chi connectivity index (χ0v) is 35.3. The van der Waals surface area contributed by atoms with E-state index in [2.05, 4.69) is 39.5 Å². The second-order valence-corrected chi connectivity index (χ2v) is 19.1. The molecule has 5 aliphatic carbocycles. The summed E-state index contributed by atoms with van der Waals surface area (Å²) in [6.45, 7) is 25.5. The Labute approximate surface area is 329 Å². The molecule has 9 nitrogen and oxygen atoms in total. The SMILES string of the molecule is C=C[C@]12CC[C@H](O)[C@](C)(COC(=O)/C(C)=C\C)C1CC[C@]1(C)C2CC=C2C3CC(C)(C)[C@@H](OC(=O)/C(C)=C\C)[C@H](O)[C@]3(COC(=O)/C(C)=C\C)[C@H](O)C[C@]21C. The molecule has 0 aromatic heterocycles. The highest BCUT2D eigenvalue weighted by Crippen LogP contribution is 2.76. The van der Waals surface area contributed by atoms with Crippen LogP contribution < -0.4 is 0 Å². The maximum atomic E-state index is 13.2. The molecule has 0 aromatic carbocycles. The van der Waals surface area contributed by atoms with Crippen LogP contribution in [0.3, 0.4) is 0 Å². The highest BCUT2D eigenvalue weighted by molar-refractivity contribution is 5.88. The van der Waals surface area contributed by atoms with Gasteiger partial charge in [-0.05, 0) is 120 Å². The molecule has 12 atom stereocenters. The second kappa shape index (κ2) is 15.1. The molecule has 306 valence electrons. The maximum Gasteiger partial charge on any atom is 0.333 e. The van der Waals surface area contributed by atoms with Crippen LogP contribution in [0.15, 0.2) is 59.3 Å². The minimum atomic E-state index is -1.34. The standard InChI is InChI=1S/C46H68O9/c1-13-27(5)38(50)53-25-42(10)32-19-21-43(11)33(45(32,16-4)22-20-34(42)47)18-17-30-31-23-41(8,9)37(55-40(52)29(7)15-3)36(49)46(31,35(48)24-44(30,43)12)26-54-39(51)28(6)14-2/h13-17,31-37,47-49H,4,18-26H2,1-3,5-12H3/b27-13-,28-14-,29-15-/t31?,32?,33?,34-,35+,36-,37-,42+,43+,44+,45-,46-/m0/s1. The first kappa shape index (κ1) is 43.1. The Morgan fingerprint density at radius 2 is 1.35 bits per heavy atom. The summed E-state index contributed by atoms with van der Waals surface area (Å²) >= 11 is 0. The van der Waals surface area contributed by atoms with Gasteiger partial charge in [-0.3, -0.25) is 0 Å². The average Bonchev–Trinajstić information content (AvgIpc) is 3.15. The lowest BCUT2D eigenvalue weighted by Crippen LogP contribution is -2.72. The molecule has 0 saturated heterocycles. The Balaban J connectivity index is 1.61. The van der Waals surface area contributed by atoms with Crippen molar-refractivity contribution in [2.75, 3.05) is 13.2 Å². The van der Waals surface area contributed by atoms with E-state index >= 15 is 0 Å². The Kier molecular flexibility index (Phi) is 11.8. The molecular formula is C46H68O9. The summed E-state index contributed by atoms with van der Waals surface area (Å²) in [7, 11) is 0. The summed E-state index contributed by atoms with van der Waals surface area (Å²) in [6, 6.07) is 0. The molecule has 0 spiro atoms. The van der Waals surface area contributed by atoms with Crippen LogP contribution in [0.5, 0.6) is 0 Å². The first-order valence-corrected chi connectivity index (χ1v) is 20.4. The molecule has 0 bridgehead atoms. The van der Waals surface area contributed by atoms with Crippen molar-refractivity contribution in [2.45, 2.75) is 146 Å². The summed E-state index contributed by atoms with van der Waals surface area (Å²) in [5.41, 5.74) is -1.39. The number of allylic oxidation sites excluding steroid dienone is 6. The molecule has 4 saturated carbocycles. The van der Waals surface area contributed by atoms with Crippen LogP contribution in [-0.2, 0) is 28.6 Å². The Bertz CT molecular complexity index is 1680. The zero-order valence-electron chi connectivity index (χ0n) is 35.3. The number of carbonyl (C=O) groups is 3. The molecular weight excluding hydrogens is 696 g/mol. The fraction of sp³-hybridized carbons (Fsp3) is 0.717. The predicted octanol–water partition coefficient (Wildman–Crippen LogP) is 7.74. The van der Waals surface area contributed by atoms with Crippen molar-refractivity contribution < 1.29 is 43.9 Å². The quantitative estimate of drug-likeness (QED) is 0.0931. The number of fused-ring (bicyclic) bond motifs is 7. The van der Waals surface area contributed by atoms with Crippen LogP contribution >= 0.6 is 0 Å². The van der Waals surface area contributed by atoms with E-state index in [0.717, 1.165) is 31.3 Å². The van der Waals surface area contributed by atoms with Gasteiger partial charge in [0.25, 0.3) is 0 Å². The maximum absolute atomic E-state index is 13.2. The number of hydrogen-bond donors (Lipinski definition) is 3. The van der Waals surface area contributed by atoms with Gasteiger partial charge in [0, 0.05) is 27.5 Å². The van der Waals surface area contributed by atoms with Gasteiger partial charge in [0.05, 0.1) is 24.2 Å². The third-order valence-corrected chi connectivity index (χ3v) is 16.3. The van der Waals surface area contributed by atoms with Gasteiger partial charge in [0.15, 0.2) is 0 Å². The van der Waals surface area contributed by atoms with E-state index in [1.54, 1.807) is 52.8 Å².